The Morgan fingerprint density at radius 3 is 2.59 bits per heavy atom. The van der Waals surface area contributed by atoms with Crippen molar-refractivity contribution >= 4 is 28.6 Å². The number of rotatable bonds is 6. The fourth-order valence-electron chi connectivity index (χ4n) is 2.43. The lowest BCUT2D eigenvalue weighted by Crippen LogP contribution is -2.00. The molecule has 0 aromatic heterocycles. The van der Waals surface area contributed by atoms with E-state index in [2.05, 4.69) is 28.7 Å². The number of benzene rings is 2. The minimum absolute atomic E-state index is 0.333. The summed E-state index contributed by atoms with van der Waals surface area (Å²) < 4.78 is 6.65. The van der Waals surface area contributed by atoms with Gasteiger partial charge in [-0.05, 0) is 59.9 Å². The molecule has 2 aromatic rings. The van der Waals surface area contributed by atoms with E-state index in [1.165, 1.54) is 0 Å². The highest BCUT2D eigenvalue weighted by Gasteiger charge is 2.10. The van der Waals surface area contributed by atoms with Crippen LogP contribution in [-0.4, -0.2) is 22.1 Å². The van der Waals surface area contributed by atoms with Gasteiger partial charge in [-0.2, -0.15) is 0 Å². The van der Waals surface area contributed by atoms with Crippen LogP contribution in [0.3, 0.4) is 0 Å². The fourth-order valence-corrected chi connectivity index (χ4v) is 2.65. The molecule has 0 fully saturated rings. The number of alkyl halides is 1. The Kier molecular flexibility index (Phi) is 5.83. The second-order valence-corrected chi connectivity index (χ2v) is 6.13. The average Bonchev–Trinajstić information content (AvgIpc) is 2.53. The number of carboxylic acid groups (broad SMARTS) is 1. The highest BCUT2D eigenvalue weighted by atomic mass is 127. The van der Waals surface area contributed by atoms with E-state index in [0.29, 0.717) is 12.2 Å². The molecule has 1 N–H and O–H groups in total. The summed E-state index contributed by atoms with van der Waals surface area (Å²) in [7, 11) is 0. The van der Waals surface area contributed by atoms with Crippen molar-refractivity contribution in [1.29, 1.82) is 0 Å². The maximum Gasteiger partial charge on any atom is 0.335 e. The SMILES string of the molecule is CCc1cc(C(=O)O)ccc1-c1ccc(OCCI)c(C)c1. The summed E-state index contributed by atoms with van der Waals surface area (Å²) in [4.78, 5) is 11.1. The molecule has 116 valence electrons. The van der Waals surface area contributed by atoms with Crippen molar-refractivity contribution in [3.8, 4) is 16.9 Å². The highest BCUT2D eigenvalue weighted by molar-refractivity contribution is 14.1. The van der Waals surface area contributed by atoms with Crippen molar-refractivity contribution in [2.75, 3.05) is 11.0 Å². The first-order valence-electron chi connectivity index (χ1n) is 7.22. The molecule has 2 rings (SSSR count). The Morgan fingerprint density at radius 1 is 1.23 bits per heavy atom. The largest absolute Gasteiger partial charge is 0.493 e. The molecule has 4 heteroatoms. The first-order chi connectivity index (χ1) is 10.6. The summed E-state index contributed by atoms with van der Waals surface area (Å²) in [6.07, 6.45) is 0.794. The van der Waals surface area contributed by atoms with Crippen LogP contribution in [0, 0.1) is 6.92 Å². The van der Waals surface area contributed by atoms with Gasteiger partial charge in [-0.3, -0.25) is 0 Å². The van der Waals surface area contributed by atoms with Gasteiger partial charge in [0.15, 0.2) is 0 Å². The van der Waals surface area contributed by atoms with Crippen LogP contribution in [-0.2, 0) is 6.42 Å². The smallest absolute Gasteiger partial charge is 0.335 e. The van der Waals surface area contributed by atoms with E-state index in [4.69, 9.17) is 9.84 Å². The number of halogens is 1. The van der Waals surface area contributed by atoms with Crippen LogP contribution in [0.5, 0.6) is 5.75 Å². The van der Waals surface area contributed by atoms with Gasteiger partial charge in [-0.15, -0.1) is 0 Å². The number of carbonyl (C=O) groups is 1. The van der Waals surface area contributed by atoms with Crippen molar-refractivity contribution in [1.82, 2.24) is 0 Å². The Labute approximate surface area is 144 Å². The van der Waals surface area contributed by atoms with E-state index >= 15 is 0 Å². The third-order valence-corrected chi connectivity index (χ3v) is 3.99. The van der Waals surface area contributed by atoms with Crippen molar-refractivity contribution in [2.45, 2.75) is 20.3 Å². The molecule has 0 saturated carbocycles. The molecule has 3 nitrogen and oxygen atoms in total. The topological polar surface area (TPSA) is 46.5 Å². The standard InChI is InChI=1S/C18H19IO3/c1-3-13-11-15(18(20)21)4-6-16(13)14-5-7-17(12(2)10-14)22-9-8-19/h4-7,10-11H,3,8-9H2,1-2H3,(H,20,21). The Bertz CT molecular complexity index is 680. The van der Waals surface area contributed by atoms with E-state index in [1.807, 2.05) is 32.0 Å². The quantitative estimate of drug-likeness (QED) is 0.553. The Balaban J connectivity index is 2.39. The summed E-state index contributed by atoms with van der Waals surface area (Å²) in [5.74, 6) is 0.0144. The lowest BCUT2D eigenvalue weighted by molar-refractivity contribution is 0.0697. The van der Waals surface area contributed by atoms with Crippen molar-refractivity contribution in [3.05, 3.63) is 53.1 Å². The minimum Gasteiger partial charge on any atom is -0.493 e. The second kappa shape index (κ2) is 7.63. The third kappa shape index (κ3) is 3.80. The van der Waals surface area contributed by atoms with Gasteiger partial charge in [0.2, 0.25) is 0 Å². The molecular formula is C18H19IO3. The number of ether oxygens (including phenoxy) is 1. The molecule has 0 aliphatic rings. The number of hydrogen-bond acceptors (Lipinski definition) is 2. The lowest BCUT2D eigenvalue weighted by Gasteiger charge is -2.13. The van der Waals surface area contributed by atoms with Gasteiger partial charge in [0.1, 0.15) is 5.75 Å². The van der Waals surface area contributed by atoms with Crippen LogP contribution in [0.4, 0.5) is 0 Å². The molecule has 0 radical (unpaired) electrons. The predicted molar refractivity (Wildman–Crippen MR) is 97.3 cm³/mol. The molecule has 0 bridgehead atoms. The lowest BCUT2D eigenvalue weighted by atomic mass is 9.95. The summed E-state index contributed by atoms with van der Waals surface area (Å²) >= 11 is 2.29. The Hall–Kier alpha value is -1.56. The number of aromatic carboxylic acids is 1. The predicted octanol–water partition coefficient (Wildman–Crippen LogP) is 4.74. The number of aryl methyl sites for hydroxylation is 2. The molecule has 2 aromatic carbocycles. The van der Waals surface area contributed by atoms with Crippen LogP contribution in [0.25, 0.3) is 11.1 Å². The number of hydrogen-bond donors (Lipinski definition) is 1. The molecule has 0 atom stereocenters. The zero-order valence-electron chi connectivity index (χ0n) is 12.7. The minimum atomic E-state index is -0.889. The van der Waals surface area contributed by atoms with Gasteiger partial charge < -0.3 is 9.84 Å². The van der Waals surface area contributed by atoms with Crippen molar-refractivity contribution < 1.29 is 14.6 Å². The summed E-state index contributed by atoms with van der Waals surface area (Å²) in [6.45, 7) is 4.77. The van der Waals surface area contributed by atoms with E-state index < -0.39 is 5.97 Å². The maximum absolute atomic E-state index is 11.1. The second-order valence-electron chi connectivity index (χ2n) is 5.05. The Morgan fingerprint density at radius 2 is 2.00 bits per heavy atom. The normalized spacial score (nSPS) is 10.5. The molecule has 0 heterocycles. The number of carboxylic acids is 1. The van der Waals surface area contributed by atoms with Gasteiger partial charge in [-0.1, -0.05) is 41.6 Å². The van der Waals surface area contributed by atoms with E-state index in [1.54, 1.807) is 12.1 Å². The van der Waals surface area contributed by atoms with E-state index in [-0.39, 0.29) is 0 Å². The fraction of sp³-hybridized carbons (Fsp3) is 0.278. The van der Waals surface area contributed by atoms with Gasteiger partial charge in [-0.25, -0.2) is 4.79 Å². The molecule has 0 spiro atoms. The first-order valence-corrected chi connectivity index (χ1v) is 8.75. The monoisotopic (exact) mass is 410 g/mol. The highest BCUT2D eigenvalue weighted by Crippen LogP contribution is 2.29. The van der Waals surface area contributed by atoms with Crippen LogP contribution in [0.15, 0.2) is 36.4 Å². The maximum atomic E-state index is 11.1. The molecule has 0 aliphatic heterocycles. The summed E-state index contributed by atoms with van der Waals surface area (Å²) in [6, 6.07) is 11.4. The van der Waals surface area contributed by atoms with Crippen molar-refractivity contribution in [2.24, 2.45) is 0 Å². The van der Waals surface area contributed by atoms with Gasteiger partial charge >= 0.3 is 5.97 Å². The summed E-state index contributed by atoms with van der Waals surface area (Å²) in [5.41, 5.74) is 4.63. The zero-order chi connectivity index (χ0) is 16.1. The molecule has 22 heavy (non-hydrogen) atoms. The average molecular weight is 410 g/mol. The van der Waals surface area contributed by atoms with E-state index in [9.17, 15) is 4.79 Å². The van der Waals surface area contributed by atoms with Crippen LogP contribution in [0.2, 0.25) is 0 Å². The van der Waals surface area contributed by atoms with Gasteiger partial charge in [0.25, 0.3) is 0 Å². The molecule has 0 saturated heterocycles. The van der Waals surface area contributed by atoms with Crippen LogP contribution < -0.4 is 4.74 Å². The molecule has 0 unspecified atom stereocenters. The molecule has 0 aliphatic carbocycles. The van der Waals surface area contributed by atoms with Crippen LogP contribution in [0.1, 0.15) is 28.4 Å². The van der Waals surface area contributed by atoms with Crippen LogP contribution >= 0.6 is 22.6 Å². The van der Waals surface area contributed by atoms with Gasteiger partial charge in [0, 0.05) is 4.43 Å². The zero-order valence-corrected chi connectivity index (χ0v) is 14.9. The van der Waals surface area contributed by atoms with Gasteiger partial charge in [0.05, 0.1) is 12.2 Å². The molecule has 0 amide bonds. The summed E-state index contributed by atoms with van der Waals surface area (Å²) in [5, 5.41) is 9.11. The van der Waals surface area contributed by atoms with E-state index in [0.717, 1.165) is 38.9 Å². The third-order valence-electron chi connectivity index (χ3n) is 3.55. The first kappa shape index (κ1) is 16.8. The molecular weight excluding hydrogens is 391 g/mol. The van der Waals surface area contributed by atoms with Crippen molar-refractivity contribution in [3.63, 3.8) is 0 Å².